The number of likely N-dealkylation sites (N-methyl/N-ethyl adjacent to an activating group) is 1. The lowest BCUT2D eigenvalue weighted by atomic mass is 9.96. The zero-order chi connectivity index (χ0) is 19.4. The quantitative estimate of drug-likeness (QED) is 0.811. The highest BCUT2D eigenvalue weighted by atomic mass is 32.2. The fraction of sp³-hybridized carbons (Fsp3) is 0.429. The van der Waals surface area contributed by atoms with Gasteiger partial charge in [-0.15, -0.1) is 0 Å². The molecule has 2 bridgehead atoms. The van der Waals surface area contributed by atoms with Crippen LogP contribution < -0.4 is 0 Å². The van der Waals surface area contributed by atoms with Crippen LogP contribution in [0.3, 0.4) is 0 Å². The fourth-order valence-electron chi connectivity index (χ4n) is 4.13. The van der Waals surface area contributed by atoms with Crippen LogP contribution in [0.2, 0.25) is 0 Å². The summed E-state index contributed by atoms with van der Waals surface area (Å²) in [5.41, 5.74) is 2.50. The highest BCUT2D eigenvalue weighted by molar-refractivity contribution is 7.85. The summed E-state index contributed by atoms with van der Waals surface area (Å²) in [6.45, 7) is 0. The van der Waals surface area contributed by atoms with Crippen molar-refractivity contribution >= 4 is 10.1 Å². The standard InChI is InChI=1S/C20H23NO.CH4O3S/c1-21-17-12-13-18(21)19(14-17)22-20(15-8-4-2-5-9-15)16-10-6-3-7-11-16;1-5(2,3)4/h2-11,17-20H,12-14H2,1H3;1H3,(H,2,3,4)/t17-,18+,19?;/m1./s1. The molecule has 1 unspecified atom stereocenters. The van der Waals surface area contributed by atoms with Crippen molar-refractivity contribution in [2.45, 2.75) is 43.6 Å². The molecule has 2 saturated heterocycles. The topological polar surface area (TPSA) is 66.8 Å². The Bertz CT molecular complexity index is 778. The molecule has 0 spiro atoms. The third-order valence-corrected chi connectivity index (χ3v) is 5.34. The third kappa shape index (κ3) is 5.39. The Morgan fingerprint density at radius 1 is 1.00 bits per heavy atom. The summed E-state index contributed by atoms with van der Waals surface area (Å²) in [6.07, 6.45) is 4.91. The first-order valence-electron chi connectivity index (χ1n) is 9.22. The summed E-state index contributed by atoms with van der Waals surface area (Å²) in [5, 5.41) is 0. The first-order valence-corrected chi connectivity index (χ1v) is 11.1. The van der Waals surface area contributed by atoms with E-state index in [0.717, 1.165) is 6.04 Å². The SMILES string of the molecule is CN1[C@@H]2CC[C@H]1C(OC(c1ccccc1)c1ccccc1)C2.CS(=O)(=O)O. The van der Waals surface area contributed by atoms with Gasteiger partial charge in [-0.25, -0.2) is 0 Å². The van der Waals surface area contributed by atoms with Crippen molar-refractivity contribution in [1.82, 2.24) is 4.90 Å². The Labute approximate surface area is 161 Å². The van der Waals surface area contributed by atoms with E-state index in [4.69, 9.17) is 9.29 Å². The maximum Gasteiger partial charge on any atom is 0.261 e. The van der Waals surface area contributed by atoms with Crippen molar-refractivity contribution in [3.8, 4) is 0 Å². The second-order valence-electron chi connectivity index (χ2n) is 7.31. The number of hydrogen-bond acceptors (Lipinski definition) is 4. The molecule has 0 aliphatic carbocycles. The second kappa shape index (κ2) is 8.52. The number of benzene rings is 2. The lowest BCUT2D eigenvalue weighted by molar-refractivity contribution is -0.0113. The average molecular weight is 390 g/mol. The maximum absolute atomic E-state index is 9.19. The Balaban J connectivity index is 0.000000376. The van der Waals surface area contributed by atoms with E-state index in [0.29, 0.717) is 18.4 Å². The highest BCUT2D eigenvalue weighted by Gasteiger charge is 2.45. The molecule has 27 heavy (non-hydrogen) atoms. The number of hydrogen-bond donors (Lipinski definition) is 1. The van der Waals surface area contributed by atoms with E-state index in [-0.39, 0.29) is 6.10 Å². The lowest BCUT2D eigenvalue weighted by Crippen LogP contribution is -2.32. The number of ether oxygens (including phenoxy) is 1. The molecule has 3 atom stereocenters. The predicted molar refractivity (Wildman–Crippen MR) is 106 cm³/mol. The Kier molecular flexibility index (Phi) is 6.32. The monoisotopic (exact) mass is 389 g/mol. The first kappa shape index (κ1) is 20.0. The molecule has 2 heterocycles. The Hall–Kier alpha value is -1.73. The number of rotatable bonds is 4. The van der Waals surface area contributed by atoms with Crippen molar-refractivity contribution < 1.29 is 17.7 Å². The van der Waals surface area contributed by atoms with Crippen molar-refractivity contribution in [1.29, 1.82) is 0 Å². The first-order chi connectivity index (χ1) is 12.8. The van der Waals surface area contributed by atoms with Crippen LogP contribution in [0, 0.1) is 0 Å². The van der Waals surface area contributed by atoms with Gasteiger partial charge in [-0.1, -0.05) is 60.7 Å². The molecule has 0 amide bonds. The summed E-state index contributed by atoms with van der Waals surface area (Å²) >= 11 is 0. The van der Waals surface area contributed by atoms with Crippen molar-refractivity contribution in [3.05, 3.63) is 71.8 Å². The van der Waals surface area contributed by atoms with Crippen LogP contribution in [-0.2, 0) is 14.9 Å². The molecular formula is C21H27NO4S. The molecule has 2 aliphatic heterocycles. The zero-order valence-corrected chi connectivity index (χ0v) is 16.5. The van der Waals surface area contributed by atoms with Crippen LogP contribution in [0.25, 0.3) is 0 Å². The molecule has 0 aromatic heterocycles. The molecule has 4 rings (SSSR count). The van der Waals surface area contributed by atoms with E-state index < -0.39 is 10.1 Å². The maximum atomic E-state index is 9.19. The molecule has 2 fully saturated rings. The van der Waals surface area contributed by atoms with Crippen LogP contribution in [0.1, 0.15) is 36.5 Å². The molecule has 2 aromatic rings. The van der Waals surface area contributed by atoms with Crippen LogP contribution in [0.15, 0.2) is 60.7 Å². The van der Waals surface area contributed by atoms with Crippen molar-refractivity contribution in [3.63, 3.8) is 0 Å². The number of fused-ring (bicyclic) bond motifs is 2. The summed E-state index contributed by atoms with van der Waals surface area (Å²) < 4.78 is 32.5. The highest BCUT2D eigenvalue weighted by Crippen LogP contribution is 2.41. The average Bonchev–Trinajstić information content (AvgIpc) is 3.14. The summed E-state index contributed by atoms with van der Waals surface area (Å²) in [7, 11) is -1.41. The van der Waals surface area contributed by atoms with Gasteiger partial charge in [-0.2, -0.15) is 8.42 Å². The molecule has 146 valence electrons. The Morgan fingerprint density at radius 2 is 1.48 bits per heavy atom. The number of nitrogens with zero attached hydrogens (tertiary/aromatic N) is 1. The molecule has 1 N–H and O–H groups in total. The fourth-order valence-corrected chi connectivity index (χ4v) is 4.13. The van der Waals surface area contributed by atoms with Crippen molar-refractivity contribution in [2.75, 3.05) is 13.3 Å². The molecule has 5 nitrogen and oxygen atoms in total. The zero-order valence-electron chi connectivity index (χ0n) is 15.7. The van der Waals surface area contributed by atoms with Gasteiger partial charge in [0.2, 0.25) is 0 Å². The molecule has 2 aromatic carbocycles. The van der Waals surface area contributed by atoms with Crippen LogP contribution in [0.5, 0.6) is 0 Å². The largest absolute Gasteiger partial charge is 0.364 e. The minimum atomic E-state index is -3.67. The van der Waals surface area contributed by atoms with Gasteiger partial charge in [-0.05, 0) is 37.4 Å². The van der Waals surface area contributed by atoms with Gasteiger partial charge in [0.05, 0.1) is 12.4 Å². The van der Waals surface area contributed by atoms with Crippen molar-refractivity contribution in [2.24, 2.45) is 0 Å². The minimum Gasteiger partial charge on any atom is -0.364 e. The molecule has 0 saturated carbocycles. The molecule has 6 heteroatoms. The van der Waals surface area contributed by atoms with Gasteiger partial charge in [0, 0.05) is 12.1 Å². The van der Waals surface area contributed by atoms with Crippen LogP contribution in [-0.4, -0.2) is 49.4 Å². The van der Waals surface area contributed by atoms with Gasteiger partial charge in [0.1, 0.15) is 6.10 Å². The van der Waals surface area contributed by atoms with Gasteiger partial charge in [0.25, 0.3) is 10.1 Å². The summed E-state index contributed by atoms with van der Waals surface area (Å²) in [6, 6.07) is 22.5. The smallest absolute Gasteiger partial charge is 0.261 e. The van der Waals surface area contributed by atoms with Crippen LogP contribution >= 0.6 is 0 Å². The van der Waals surface area contributed by atoms with Gasteiger partial charge in [-0.3, -0.25) is 9.45 Å². The normalized spacial score (nSPS) is 24.7. The summed E-state index contributed by atoms with van der Waals surface area (Å²) in [4.78, 5) is 2.53. The lowest BCUT2D eigenvalue weighted by Gasteiger charge is -2.28. The molecule has 2 aliphatic rings. The Morgan fingerprint density at radius 3 is 1.85 bits per heavy atom. The molecule has 0 radical (unpaired) electrons. The predicted octanol–water partition coefficient (Wildman–Crippen LogP) is 3.53. The van der Waals surface area contributed by atoms with Gasteiger partial charge in [0.15, 0.2) is 0 Å². The van der Waals surface area contributed by atoms with Gasteiger partial charge >= 0.3 is 0 Å². The third-order valence-electron chi connectivity index (χ3n) is 5.34. The van der Waals surface area contributed by atoms with E-state index in [9.17, 15) is 8.42 Å². The molecular weight excluding hydrogens is 362 g/mol. The van der Waals surface area contributed by atoms with E-state index in [1.807, 2.05) is 0 Å². The second-order valence-corrected chi connectivity index (χ2v) is 8.77. The van der Waals surface area contributed by atoms with E-state index >= 15 is 0 Å². The van der Waals surface area contributed by atoms with E-state index in [1.165, 1.54) is 30.4 Å². The summed E-state index contributed by atoms with van der Waals surface area (Å²) in [5.74, 6) is 0. The van der Waals surface area contributed by atoms with Gasteiger partial charge < -0.3 is 4.74 Å². The van der Waals surface area contributed by atoms with E-state index in [1.54, 1.807) is 0 Å². The van der Waals surface area contributed by atoms with Crippen LogP contribution in [0.4, 0.5) is 0 Å². The minimum absolute atomic E-state index is 0.0418. The van der Waals surface area contributed by atoms with E-state index in [2.05, 4.69) is 72.6 Å².